The van der Waals surface area contributed by atoms with Crippen molar-refractivity contribution in [2.45, 2.75) is 52.2 Å². The molecule has 0 fully saturated rings. The molecule has 0 aliphatic carbocycles. The van der Waals surface area contributed by atoms with Gasteiger partial charge in [0.2, 0.25) is 5.91 Å². The molecule has 0 bridgehead atoms. The summed E-state index contributed by atoms with van der Waals surface area (Å²) in [5, 5.41) is 2.98. The molecule has 2 amide bonds. The van der Waals surface area contributed by atoms with Gasteiger partial charge in [-0.25, -0.2) is 0 Å². The lowest BCUT2D eigenvalue weighted by Gasteiger charge is -2.33. The van der Waals surface area contributed by atoms with Crippen LogP contribution in [0.5, 0.6) is 11.5 Å². The van der Waals surface area contributed by atoms with Gasteiger partial charge < -0.3 is 14.8 Å². The first kappa shape index (κ1) is 21.7. The second-order valence-electron chi connectivity index (χ2n) is 7.47. The minimum atomic E-state index is -0.564. The molecule has 1 heterocycles. The largest absolute Gasteiger partial charge is 0.494 e. The predicted molar refractivity (Wildman–Crippen MR) is 117 cm³/mol. The first-order valence-electron chi connectivity index (χ1n) is 10.6. The van der Waals surface area contributed by atoms with E-state index in [2.05, 4.69) is 12.2 Å². The molecule has 2 unspecified atom stereocenters. The molecule has 0 radical (unpaired) electrons. The molecule has 0 aromatic heterocycles. The van der Waals surface area contributed by atoms with Gasteiger partial charge in [0, 0.05) is 0 Å². The number of carbonyl (C=O) groups excluding carboxylic acids is 2. The maximum absolute atomic E-state index is 12.8. The second kappa shape index (κ2) is 10.1. The molecular weight excluding hydrogens is 380 g/mol. The number of hydrogen-bond acceptors (Lipinski definition) is 4. The zero-order chi connectivity index (χ0) is 21.5. The minimum Gasteiger partial charge on any atom is -0.494 e. The number of unbranched alkanes of at least 4 members (excludes halogenated alkanes) is 1. The molecule has 1 aliphatic rings. The first-order chi connectivity index (χ1) is 14.5. The Morgan fingerprint density at radius 2 is 1.90 bits per heavy atom. The molecule has 6 heteroatoms. The van der Waals surface area contributed by atoms with Gasteiger partial charge >= 0.3 is 0 Å². The van der Waals surface area contributed by atoms with E-state index in [9.17, 15) is 9.59 Å². The van der Waals surface area contributed by atoms with Crippen molar-refractivity contribution in [3.63, 3.8) is 0 Å². The van der Waals surface area contributed by atoms with E-state index >= 15 is 0 Å². The van der Waals surface area contributed by atoms with Gasteiger partial charge in [0.15, 0.2) is 6.10 Å². The number of benzene rings is 2. The number of hydrogen-bond donors (Lipinski definition) is 1. The monoisotopic (exact) mass is 410 g/mol. The van der Waals surface area contributed by atoms with Crippen LogP contribution in [0.15, 0.2) is 48.5 Å². The molecule has 1 aliphatic heterocycles. The average molecular weight is 411 g/mol. The zero-order valence-corrected chi connectivity index (χ0v) is 17.9. The number of para-hydroxylation sites is 2. The van der Waals surface area contributed by atoms with E-state index in [0.717, 1.165) is 24.2 Å². The van der Waals surface area contributed by atoms with Crippen molar-refractivity contribution < 1.29 is 19.1 Å². The lowest BCUT2D eigenvalue weighted by atomic mass is 10.1. The molecule has 0 saturated carbocycles. The van der Waals surface area contributed by atoms with Crippen molar-refractivity contribution in [1.82, 2.24) is 5.32 Å². The summed E-state index contributed by atoms with van der Waals surface area (Å²) in [5.41, 5.74) is 1.61. The number of fused-ring (bicyclic) bond motifs is 1. The number of amides is 2. The maximum Gasteiger partial charge on any atom is 0.268 e. The molecule has 6 nitrogen and oxygen atoms in total. The fourth-order valence-electron chi connectivity index (χ4n) is 3.40. The van der Waals surface area contributed by atoms with E-state index in [0.29, 0.717) is 24.5 Å². The molecule has 1 N–H and O–H groups in total. The Balaban J connectivity index is 1.62. The third kappa shape index (κ3) is 5.12. The van der Waals surface area contributed by atoms with Crippen LogP contribution in [-0.4, -0.2) is 31.1 Å². The van der Waals surface area contributed by atoms with Crippen LogP contribution >= 0.6 is 0 Å². The van der Waals surface area contributed by atoms with Crippen molar-refractivity contribution >= 4 is 17.5 Å². The predicted octanol–water partition coefficient (Wildman–Crippen LogP) is 4.25. The highest BCUT2D eigenvalue weighted by Gasteiger charge is 2.34. The van der Waals surface area contributed by atoms with Crippen molar-refractivity contribution in [2.24, 2.45) is 0 Å². The summed E-state index contributed by atoms with van der Waals surface area (Å²) in [7, 11) is 0. The van der Waals surface area contributed by atoms with Crippen molar-refractivity contribution in [2.75, 3.05) is 18.1 Å². The van der Waals surface area contributed by atoms with Crippen molar-refractivity contribution in [3.8, 4) is 11.5 Å². The van der Waals surface area contributed by atoms with Gasteiger partial charge in [0.25, 0.3) is 5.91 Å². The molecule has 2 atom stereocenters. The summed E-state index contributed by atoms with van der Waals surface area (Å²) in [6, 6.07) is 14.9. The van der Waals surface area contributed by atoms with Crippen LogP contribution < -0.4 is 19.7 Å². The highest BCUT2D eigenvalue weighted by Crippen LogP contribution is 2.34. The van der Waals surface area contributed by atoms with Gasteiger partial charge in [-0.2, -0.15) is 0 Å². The SMILES string of the molecule is CCCCOc1ccc(C(C)NC(=O)CN2C(=O)C(CC)Oc3ccccc32)cc1. The molecule has 2 aromatic carbocycles. The van der Waals surface area contributed by atoms with E-state index in [1.807, 2.05) is 56.3 Å². The number of rotatable bonds is 9. The van der Waals surface area contributed by atoms with Gasteiger partial charge in [-0.1, -0.05) is 44.5 Å². The smallest absolute Gasteiger partial charge is 0.268 e. The molecular formula is C24H30N2O4. The summed E-state index contributed by atoms with van der Waals surface area (Å²) in [4.78, 5) is 27.0. The fraction of sp³-hybridized carbons (Fsp3) is 0.417. The Hall–Kier alpha value is -3.02. The first-order valence-corrected chi connectivity index (χ1v) is 10.6. The summed E-state index contributed by atoms with van der Waals surface area (Å²) < 4.78 is 11.5. The van der Waals surface area contributed by atoms with Crippen molar-refractivity contribution in [1.29, 1.82) is 0 Å². The highest BCUT2D eigenvalue weighted by molar-refractivity contribution is 6.03. The van der Waals surface area contributed by atoms with Gasteiger partial charge in [0.1, 0.15) is 18.0 Å². The lowest BCUT2D eigenvalue weighted by Crippen LogP contribution is -2.49. The third-order valence-corrected chi connectivity index (χ3v) is 5.16. The molecule has 0 saturated heterocycles. The molecule has 2 aromatic rings. The van der Waals surface area contributed by atoms with Crippen LogP contribution in [0.1, 0.15) is 51.6 Å². The van der Waals surface area contributed by atoms with E-state index in [1.165, 1.54) is 4.90 Å². The van der Waals surface area contributed by atoms with Crippen LogP contribution in [0.4, 0.5) is 5.69 Å². The van der Waals surface area contributed by atoms with Gasteiger partial charge in [-0.15, -0.1) is 0 Å². The Morgan fingerprint density at radius 3 is 2.60 bits per heavy atom. The average Bonchev–Trinajstić information content (AvgIpc) is 2.76. The number of carbonyl (C=O) groups is 2. The molecule has 0 spiro atoms. The van der Waals surface area contributed by atoms with Gasteiger partial charge in [-0.05, 0) is 49.6 Å². The Morgan fingerprint density at radius 1 is 1.17 bits per heavy atom. The van der Waals surface area contributed by atoms with E-state index in [4.69, 9.17) is 9.47 Å². The Kier molecular flexibility index (Phi) is 7.33. The zero-order valence-electron chi connectivity index (χ0n) is 17.9. The van der Waals surface area contributed by atoms with Gasteiger partial charge in [0.05, 0.1) is 18.3 Å². The van der Waals surface area contributed by atoms with Crippen molar-refractivity contribution in [3.05, 3.63) is 54.1 Å². The van der Waals surface area contributed by atoms with Gasteiger partial charge in [-0.3, -0.25) is 14.5 Å². The standard InChI is InChI=1S/C24H30N2O4/c1-4-6-15-29-19-13-11-18(12-14-19)17(3)25-23(27)16-26-20-9-7-8-10-22(20)30-21(5-2)24(26)28/h7-14,17,21H,4-6,15-16H2,1-3H3,(H,25,27). The number of anilines is 1. The van der Waals surface area contributed by atoms with Crippen LogP contribution in [-0.2, 0) is 9.59 Å². The highest BCUT2D eigenvalue weighted by atomic mass is 16.5. The van der Waals surface area contributed by atoms with Crippen LogP contribution in [0.3, 0.4) is 0 Å². The normalized spacial score (nSPS) is 16.4. The van der Waals surface area contributed by atoms with Crippen LogP contribution in [0, 0.1) is 0 Å². The number of nitrogens with zero attached hydrogens (tertiary/aromatic N) is 1. The minimum absolute atomic E-state index is 0.0434. The van der Waals surface area contributed by atoms with Crippen LogP contribution in [0.2, 0.25) is 0 Å². The van der Waals surface area contributed by atoms with Crippen LogP contribution in [0.25, 0.3) is 0 Å². The maximum atomic E-state index is 12.8. The Bertz CT molecular complexity index is 866. The van der Waals surface area contributed by atoms with E-state index < -0.39 is 6.10 Å². The molecule has 160 valence electrons. The second-order valence-corrected chi connectivity index (χ2v) is 7.47. The number of ether oxygens (including phenoxy) is 2. The summed E-state index contributed by atoms with van der Waals surface area (Å²) >= 11 is 0. The Labute approximate surface area is 178 Å². The molecule has 3 rings (SSSR count). The fourth-order valence-corrected chi connectivity index (χ4v) is 3.40. The summed E-state index contributed by atoms with van der Waals surface area (Å²) in [6.45, 7) is 6.61. The topological polar surface area (TPSA) is 67.9 Å². The molecule has 30 heavy (non-hydrogen) atoms. The summed E-state index contributed by atoms with van der Waals surface area (Å²) in [6.07, 6.45) is 2.10. The quantitative estimate of drug-likeness (QED) is 0.628. The number of nitrogens with one attached hydrogen (secondary N) is 1. The third-order valence-electron chi connectivity index (χ3n) is 5.16. The summed E-state index contributed by atoms with van der Waals surface area (Å²) in [5.74, 6) is 1.05. The van der Waals surface area contributed by atoms with E-state index in [1.54, 1.807) is 6.07 Å². The van der Waals surface area contributed by atoms with E-state index in [-0.39, 0.29) is 24.4 Å². The lowest BCUT2D eigenvalue weighted by molar-refractivity contribution is -0.129.